The molecule has 1 fully saturated rings. The van der Waals surface area contributed by atoms with Crippen molar-refractivity contribution in [2.75, 3.05) is 13.1 Å². The van der Waals surface area contributed by atoms with Crippen molar-refractivity contribution in [2.45, 2.75) is 12.8 Å². The van der Waals surface area contributed by atoms with Crippen LogP contribution in [0.25, 0.3) is 0 Å². The van der Waals surface area contributed by atoms with Crippen molar-refractivity contribution in [3.8, 4) is 18.4 Å². The first-order valence-corrected chi connectivity index (χ1v) is 3.65. The first-order chi connectivity index (χ1) is 5.38. The van der Waals surface area contributed by atoms with Crippen molar-refractivity contribution >= 4 is 0 Å². The molecule has 1 heterocycles. The van der Waals surface area contributed by atoms with E-state index < -0.39 is 0 Å². The molecule has 1 aliphatic rings. The standard InChI is InChI=1S/C9H10N2/c1-2-7-11-8-3-4-9(11)5-6-10/h1,5H,3-4,7-8H2/b9-5+. The molecule has 1 aliphatic heterocycles. The SMILES string of the molecule is C#CCN1CCC/C1=C\C#N. The molecule has 0 amide bonds. The maximum Gasteiger partial charge on any atom is 0.0930 e. The van der Waals surface area contributed by atoms with E-state index in [1.54, 1.807) is 6.08 Å². The molecule has 0 bridgehead atoms. The van der Waals surface area contributed by atoms with Crippen LogP contribution in [0.3, 0.4) is 0 Å². The van der Waals surface area contributed by atoms with Gasteiger partial charge >= 0.3 is 0 Å². The summed E-state index contributed by atoms with van der Waals surface area (Å²) < 4.78 is 0. The first-order valence-electron chi connectivity index (χ1n) is 3.65. The monoisotopic (exact) mass is 146 g/mol. The van der Waals surface area contributed by atoms with Crippen LogP contribution in [0.2, 0.25) is 0 Å². The lowest BCUT2D eigenvalue weighted by Gasteiger charge is -2.14. The third kappa shape index (κ3) is 1.75. The van der Waals surface area contributed by atoms with Gasteiger partial charge in [-0.3, -0.25) is 0 Å². The van der Waals surface area contributed by atoms with Gasteiger partial charge in [0.15, 0.2) is 0 Å². The van der Waals surface area contributed by atoms with Crippen molar-refractivity contribution in [1.29, 1.82) is 5.26 Å². The highest BCUT2D eigenvalue weighted by molar-refractivity contribution is 5.16. The van der Waals surface area contributed by atoms with Gasteiger partial charge in [-0.25, -0.2) is 0 Å². The lowest BCUT2D eigenvalue weighted by Crippen LogP contribution is -2.17. The summed E-state index contributed by atoms with van der Waals surface area (Å²) in [6.45, 7) is 1.63. The maximum absolute atomic E-state index is 8.41. The van der Waals surface area contributed by atoms with Gasteiger partial charge in [0.2, 0.25) is 0 Å². The number of nitriles is 1. The number of hydrogen-bond donors (Lipinski definition) is 0. The van der Waals surface area contributed by atoms with Crippen LogP contribution >= 0.6 is 0 Å². The summed E-state index contributed by atoms with van der Waals surface area (Å²) in [5, 5.41) is 8.41. The van der Waals surface area contributed by atoms with Crippen LogP contribution in [0, 0.1) is 23.7 Å². The normalized spacial score (nSPS) is 19.8. The molecule has 2 nitrogen and oxygen atoms in total. The minimum atomic E-state index is 0.632. The van der Waals surface area contributed by atoms with Gasteiger partial charge in [0.05, 0.1) is 12.6 Å². The zero-order valence-electron chi connectivity index (χ0n) is 6.38. The molecule has 1 saturated heterocycles. The van der Waals surface area contributed by atoms with E-state index in [0.29, 0.717) is 6.54 Å². The molecule has 0 aromatic rings. The molecular formula is C9H10N2. The van der Waals surface area contributed by atoms with Crippen LogP contribution < -0.4 is 0 Å². The van der Waals surface area contributed by atoms with Crippen LogP contribution in [0.4, 0.5) is 0 Å². The van der Waals surface area contributed by atoms with Crippen LogP contribution in [0.15, 0.2) is 11.8 Å². The van der Waals surface area contributed by atoms with E-state index in [9.17, 15) is 0 Å². The fourth-order valence-corrected chi connectivity index (χ4v) is 1.28. The number of likely N-dealkylation sites (tertiary alicyclic amines) is 1. The van der Waals surface area contributed by atoms with Gasteiger partial charge in [-0.2, -0.15) is 5.26 Å². The van der Waals surface area contributed by atoms with Gasteiger partial charge in [0.1, 0.15) is 0 Å². The highest BCUT2D eigenvalue weighted by Crippen LogP contribution is 2.19. The summed E-state index contributed by atoms with van der Waals surface area (Å²) in [6, 6.07) is 2.03. The fourth-order valence-electron chi connectivity index (χ4n) is 1.28. The van der Waals surface area contributed by atoms with Crippen molar-refractivity contribution < 1.29 is 0 Å². The molecule has 0 spiro atoms. The van der Waals surface area contributed by atoms with Crippen LogP contribution in [0.5, 0.6) is 0 Å². The molecule has 0 N–H and O–H groups in total. The summed E-state index contributed by atoms with van der Waals surface area (Å²) in [4.78, 5) is 2.07. The Bertz CT molecular complexity index is 239. The summed E-state index contributed by atoms with van der Waals surface area (Å²) in [5.74, 6) is 2.57. The zero-order chi connectivity index (χ0) is 8.10. The minimum Gasteiger partial charge on any atom is -0.363 e. The fraction of sp³-hybridized carbons (Fsp3) is 0.444. The molecule has 0 aromatic carbocycles. The summed E-state index contributed by atoms with van der Waals surface area (Å²) in [6.07, 6.45) is 8.87. The Morgan fingerprint density at radius 3 is 3.18 bits per heavy atom. The summed E-state index contributed by atoms with van der Waals surface area (Å²) in [5.41, 5.74) is 1.09. The van der Waals surface area contributed by atoms with Crippen LogP contribution in [-0.2, 0) is 0 Å². The quantitative estimate of drug-likeness (QED) is 0.409. The number of rotatable bonds is 1. The Kier molecular flexibility index (Phi) is 2.58. The van der Waals surface area contributed by atoms with E-state index in [-0.39, 0.29) is 0 Å². The lowest BCUT2D eigenvalue weighted by molar-refractivity contribution is 0.443. The number of terminal acetylenes is 1. The van der Waals surface area contributed by atoms with Gasteiger partial charge in [0.25, 0.3) is 0 Å². The van der Waals surface area contributed by atoms with E-state index >= 15 is 0 Å². The average Bonchev–Trinajstić information content (AvgIpc) is 2.39. The molecular weight excluding hydrogens is 136 g/mol. The van der Waals surface area contributed by atoms with Crippen molar-refractivity contribution in [3.63, 3.8) is 0 Å². The van der Waals surface area contributed by atoms with Gasteiger partial charge in [0, 0.05) is 18.3 Å². The highest BCUT2D eigenvalue weighted by atomic mass is 15.1. The Balaban J connectivity index is 2.61. The van der Waals surface area contributed by atoms with E-state index in [4.69, 9.17) is 11.7 Å². The predicted octanol–water partition coefficient (Wildman–Crippen LogP) is 1.12. The van der Waals surface area contributed by atoms with E-state index in [1.165, 1.54) is 0 Å². The van der Waals surface area contributed by atoms with Crippen molar-refractivity contribution in [1.82, 2.24) is 4.90 Å². The van der Waals surface area contributed by atoms with Crippen LogP contribution in [-0.4, -0.2) is 18.0 Å². The zero-order valence-corrected chi connectivity index (χ0v) is 6.38. The maximum atomic E-state index is 8.41. The molecule has 0 atom stereocenters. The van der Waals surface area contributed by atoms with Gasteiger partial charge in [-0.1, -0.05) is 5.92 Å². The predicted molar refractivity (Wildman–Crippen MR) is 43.3 cm³/mol. The van der Waals surface area contributed by atoms with Gasteiger partial charge in [-0.15, -0.1) is 6.42 Å². The molecule has 2 heteroatoms. The highest BCUT2D eigenvalue weighted by Gasteiger charge is 2.14. The van der Waals surface area contributed by atoms with Crippen LogP contribution in [0.1, 0.15) is 12.8 Å². The molecule has 11 heavy (non-hydrogen) atoms. The molecule has 0 aromatic heterocycles. The molecule has 0 unspecified atom stereocenters. The number of nitrogens with zero attached hydrogens (tertiary/aromatic N) is 2. The second-order valence-electron chi connectivity index (χ2n) is 2.49. The third-order valence-corrected chi connectivity index (χ3v) is 1.78. The average molecular weight is 146 g/mol. The van der Waals surface area contributed by atoms with Gasteiger partial charge in [-0.05, 0) is 12.8 Å². The molecule has 0 aliphatic carbocycles. The first kappa shape index (κ1) is 7.69. The number of allylic oxidation sites excluding steroid dienone is 2. The lowest BCUT2D eigenvalue weighted by atomic mass is 10.3. The molecule has 1 rings (SSSR count). The molecule has 0 saturated carbocycles. The Labute approximate surface area is 67.1 Å². The van der Waals surface area contributed by atoms with Crippen molar-refractivity contribution in [3.05, 3.63) is 11.8 Å². The Hall–Kier alpha value is -1.41. The molecule has 56 valence electrons. The topological polar surface area (TPSA) is 27.0 Å². The largest absolute Gasteiger partial charge is 0.363 e. The smallest absolute Gasteiger partial charge is 0.0930 e. The Morgan fingerprint density at radius 2 is 2.55 bits per heavy atom. The summed E-state index contributed by atoms with van der Waals surface area (Å²) in [7, 11) is 0. The summed E-state index contributed by atoms with van der Waals surface area (Å²) >= 11 is 0. The molecule has 0 radical (unpaired) electrons. The van der Waals surface area contributed by atoms with Crippen molar-refractivity contribution in [2.24, 2.45) is 0 Å². The second-order valence-corrected chi connectivity index (χ2v) is 2.49. The van der Waals surface area contributed by atoms with E-state index in [1.807, 2.05) is 6.07 Å². The minimum absolute atomic E-state index is 0.632. The Morgan fingerprint density at radius 1 is 1.73 bits per heavy atom. The van der Waals surface area contributed by atoms with E-state index in [0.717, 1.165) is 25.1 Å². The van der Waals surface area contributed by atoms with E-state index in [2.05, 4.69) is 10.8 Å². The second kappa shape index (κ2) is 3.68. The van der Waals surface area contributed by atoms with Gasteiger partial charge < -0.3 is 4.90 Å². The third-order valence-electron chi connectivity index (χ3n) is 1.78. The number of hydrogen-bond acceptors (Lipinski definition) is 2.